The molecule has 0 radical (unpaired) electrons. The van der Waals surface area contributed by atoms with Crippen molar-refractivity contribution in [3.05, 3.63) is 29.8 Å². The molecule has 0 aliphatic heterocycles. The van der Waals surface area contributed by atoms with Gasteiger partial charge in [-0.2, -0.15) is 0 Å². The fraction of sp³-hybridized carbons (Fsp3) is 0.588. The molecule has 0 bridgehead atoms. The summed E-state index contributed by atoms with van der Waals surface area (Å²) in [7, 11) is -3.41. The first kappa shape index (κ1) is 19.6. The highest BCUT2D eigenvalue weighted by atomic mass is 32.2. The standard InChI is InChI=1S/C17H27NO4S/c1-5-6-15(16(19)20)18-11-12-23(21,22)14-9-7-13(8-10-14)17(2,3)4/h7-10,15,18H,5-6,11-12H2,1-4H3,(H,19,20). The van der Waals surface area contributed by atoms with Crippen molar-refractivity contribution in [2.75, 3.05) is 12.3 Å². The van der Waals surface area contributed by atoms with Crippen LogP contribution in [0, 0.1) is 0 Å². The zero-order valence-electron chi connectivity index (χ0n) is 14.3. The first-order valence-corrected chi connectivity index (χ1v) is 9.52. The second kappa shape index (κ2) is 7.93. The third kappa shape index (κ3) is 5.95. The van der Waals surface area contributed by atoms with Gasteiger partial charge in [0.1, 0.15) is 6.04 Å². The van der Waals surface area contributed by atoms with Crippen molar-refractivity contribution >= 4 is 15.8 Å². The molecule has 0 heterocycles. The van der Waals surface area contributed by atoms with E-state index in [4.69, 9.17) is 5.11 Å². The Labute approximate surface area is 139 Å². The number of hydrogen-bond donors (Lipinski definition) is 2. The van der Waals surface area contributed by atoms with E-state index < -0.39 is 21.8 Å². The molecule has 0 aromatic heterocycles. The summed E-state index contributed by atoms with van der Waals surface area (Å²) in [4.78, 5) is 11.3. The largest absolute Gasteiger partial charge is 0.480 e. The zero-order chi connectivity index (χ0) is 17.7. The SMILES string of the molecule is CCCC(NCCS(=O)(=O)c1ccc(C(C)(C)C)cc1)C(=O)O. The molecule has 0 fully saturated rings. The first-order valence-electron chi connectivity index (χ1n) is 7.87. The Morgan fingerprint density at radius 2 is 1.78 bits per heavy atom. The highest BCUT2D eigenvalue weighted by molar-refractivity contribution is 7.91. The summed E-state index contributed by atoms with van der Waals surface area (Å²) < 4.78 is 24.6. The van der Waals surface area contributed by atoms with Gasteiger partial charge in [0, 0.05) is 6.54 Å². The van der Waals surface area contributed by atoms with Crippen molar-refractivity contribution in [1.82, 2.24) is 5.32 Å². The van der Waals surface area contributed by atoms with E-state index in [0.29, 0.717) is 6.42 Å². The molecule has 1 atom stereocenters. The van der Waals surface area contributed by atoms with Crippen LogP contribution in [-0.4, -0.2) is 37.8 Å². The number of sulfone groups is 1. The number of nitrogens with one attached hydrogen (secondary N) is 1. The van der Waals surface area contributed by atoms with Crippen molar-refractivity contribution in [2.45, 2.75) is 56.9 Å². The Morgan fingerprint density at radius 1 is 1.22 bits per heavy atom. The van der Waals surface area contributed by atoms with Crippen LogP contribution in [0.3, 0.4) is 0 Å². The zero-order valence-corrected chi connectivity index (χ0v) is 15.1. The van der Waals surface area contributed by atoms with Crippen LogP contribution in [0.2, 0.25) is 0 Å². The molecule has 130 valence electrons. The maximum absolute atomic E-state index is 12.3. The van der Waals surface area contributed by atoms with Gasteiger partial charge in [0.05, 0.1) is 10.6 Å². The summed E-state index contributed by atoms with van der Waals surface area (Å²) in [5, 5.41) is 11.8. The second-order valence-electron chi connectivity index (χ2n) is 6.73. The number of aliphatic carboxylic acids is 1. The van der Waals surface area contributed by atoms with Gasteiger partial charge in [0.15, 0.2) is 9.84 Å². The summed E-state index contributed by atoms with van der Waals surface area (Å²) in [6.45, 7) is 8.23. The lowest BCUT2D eigenvalue weighted by molar-refractivity contribution is -0.139. The minimum absolute atomic E-state index is 0.0291. The second-order valence-corrected chi connectivity index (χ2v) is 8.84. The van der Waals surface area contributed by atoms with Gasteiger partial charge in [0.25, 0.3) is 0 Å². The van der Waals surface area contributed by atoms with Gasteiger partial charge in [-0.25, -0.2) is 8.42 Å². The van der Waals surface area contributed by atoms with Crippen LogP contribution in [0.4, 0.5) is 0 Å². The van der Waals surface area contributed by atoms with Crippen molar-refractivity contribution in [1.29, 1.82) is 0 Å². The van der Waals surface area contributed by atoms with Crippen LogP contribution in [-0.2, 0) is 20.0 Å². The van der Waals surface area contributed by atoms with E-state index in [1.54, 1.807) is 12.1 Å². The van der Waals surface area contributed by atoms with Gasteiger partial charge in [-0.15, -0.1) is 0 Å². The Morgan fingerprint density at radius 3 is 2.22 bits per heavy atom. The maximum Gasteiger partial charge on any atom is 0.320 e. The number of benzene rings is 1. The fourth-order valence-corrected chi connectivity index (χ4v) is 3.42. The van der Waals surface area contributed by atoms with Gasteiger partial charge in [-0.1, -0.05) is 46.2 Å². The molecule has 1 unspecified atom stereocenters. The van der Waals surface area contributed by atoms with Gasteiger partial charge < -0.3 is 10.4 Å². The maximum atomic E-state index is 12.3. The van der Waals surface area contributed by atoms with E-state index in [-0.39, 0.29) is 22.6 Å². The molecular formula is C17H27NO4S. The number of hydrogen-bond acceptors (Lipinski definition) is 4. The summed E-state index contributed by atoms with van der Waals surface area (Å²) in [5.74, 6) is -1.06. The molecule has 6 heteroatoms. The topological polar surface area (TPSA) is 83.5 Å². The number of carboxylic acid groups (broad SMARTS) is 1. The molecule has 1 aromatic carbocycles. The Kier molecular flexibility index (Phi) is 6.77. The van der Waals surface area contributed by atoms with Gasteiger partial charge in [0.2, 0.25) is 0 Å². The van der Waals surface area contributed by atoms with Crippen molar-refractivity contribution in [3.8, 4) is 0 Å². The Hall–Kier alpha value is -1.40. The monoisotopic (exact) mass is 341 g/mol. The highest BCUT2D eigenvalue weighted by Gasteiger charge is 2.20. The molecule has 0 saturated heterocycles. The molecule has 0 spiro atoms. The highest BCUT2D eigenvalue weighted by Crippen LogP contribution is 2.23. The molecular weight excluding hydrogens is 314 g/mol. The summed E-state index contributed by atoms with van der Waals surface area (Å²) in [6, 6.07) is 6.21. The predicted molar refractivity (Wildman–Crippen MR) is 91.5 cm³/mol. The van der Waals surface area contributed by atoms with Crippen LogP contribution >= 0.6 is 0 Å². The van der Waals surface area contributed by atoms with Gasteiger partial charge in [-0.3, -0.25) is 4.79 Å². The fourth-order valence-electron chi connectivity index (χ4n) is 2.25. The van der Waals surface area contributed by atoms with Crippen molar-refractivity contribution in [3.63, 3.8) is 0 Å². The predicted octanol–water partition coefficient (Wildman–Crippen LogP) is 2.60. The van der Waals surface area contributed by atoms with E-state index in [9.17, 15) is 13.2 Å². The Balaban J connectivity index is 2.71. The lowest BCUT2D eigenvalue weighted by Gasteiger charge is -2.19. The average molecular weight is 341 g/mol. The normalized spacial score (nSPS) is 13.7. The molecule has 2 N–H and O–H groups in total. The van der Waals surface area contributed by atoms with Crippen LogP contribution < -0.4 is 5.32 Å². The van der Waals surface area contributed by atoms with Crippen LogP contribution in [0.15, 0.2) is 29.2 Å². The first-order chi connectivity index (χ1) is 10.6. The minimum Gasteiger partial charge on any atom is -0.480 e. The summed E-state index contributed by atoms with van der Waals surface area (Å²) >= 11 is 0. The molecule has 23 heavy (non-hydrogen) atoms. The minimum atomic E-state index is -3.41. The molecule has 0 aliphatic rings. The number of rotatable bonds is 8. The smallest absolute Gasteiger partial charge is 0.320 e. The number of carboxylic acids is 1. The van der Waals surface area contributed by atoms with Crippen LogP contribution in [0.5, 0.6) is 0 Å². The lowest BCUT2D eigenvalue weighted by Crippen LogP contribution is -2.39. The summed E-state index contributed by atoms with van der Waals surface area (Å²) in [6.07, 6.45) is 1.21. The molecule has 0 amide bonds. The molecule has 0 aliphatic carbocycles. The average Bonchev–Trinajstić information content (AvgIpc) is 2.45. The quantitative estimate of drug-likeness (QED) is 0.759. The molecule has 1 rings (SSSR count). The number of carbonyl (C=O) groups is 1. The van der Waals surface area contributed by atoms with Crippen LogP contribution in [0.1, 0.15) is 46.1 Å². The Bertz CT molecular complexity index is 615. The molecule has 5 nitrogen and oxygen atoms in total. The van der Waals surface area contributed by atoms with Crippen molar-refractivity contribution in [2.24, 2.45) is 0 Å². The van der Waals surface area contributed by atoms with E-state index in [2.05, 4.69) is 26.1 Å². The van der Waals surface area contributed by atoms with E-state index >= 15 is 0 Å². The van der Waals surface area contributed by atoms with E-state index in [1.165, 1.54) is 0 Å². The molecule has 0 saturated carbocycles. The third-order valence-corrected chi connectivity index (χ3v) is 5.45. The molecule has 1 aromatic rings. The van der Waals surface area contributed by atoms with E-state index in [0.717, 1.165) is 12.0 Å². The van der Waals surface area contributed by atoms with Crippen LogP contribution in [0.25, 0.3) is 0 Å². The van der Waals surface area contributed by atoms with Gasteiger partial charge >= 0.3 is 5.97 Å². The summed E-state index contributed by atoms with van der Waals surface area (Å²) in [5.41, 5.74) is 1.04. The van der Waals surface area contributed by atoms with Crippen molar-refractivity contribution < 1.29 is 18.3 Å². The lowest BCUT2D eigenvalue weighted by atomic mass is 9.87. The van der Waals surface area contributed by atoms with E-state index in [1.807, 2.05) is 19.1 Å². The van der Waals surface area contributed by atoms with Gasteiger partial charge in [-0.05, 0) is 29.5 Å². The third-order valence-electron chi connectivity index (χ3n) is 3.72.